The minimum Gasteiger partial charge on any atom is -0.324 e. The molecular formula is C14H15N5. The Bertz CT molecular complexity index is 689. The number of rotatable bonds is 3. The van der Waals surface area contributed by atoms with Crippen LogP contribution in [0.1, 0.15) is 23.1 Å². The lowest BCUT2D eigenvalue weighted by molar-refractivity contribution is 0.679. The number of hydrogen-bond acceptors (Lipinski definition) is 4. The first-order chi connectivity index (χ1) is 9.24. The number of nitrogens with zero attached hydrogens (tertiary/aromatic N) is 4. The zero-order valence-electron chi connectivity index (χ0n) is 10.7. The fourth-order valence-electron chi connectivity index (χ4n) is 2.09. The second-order valence-corrected chi connectivity index (χ2v) is 4.60. The average Bonchev–Trinajstić information content (AvgIpc) is 2.82. The Balaban J connectivity index is 1.89. The van der Waals surface area contributed by atoms with E-state index < -0.39 is 0 Å². The minimum atomic E-state index is -0.0881. The van der Waals surface area contributed by atoms with Crippen molar-refractivity contribution in [3.63, 3.8) is 0 Å². The van der Waals surface area contributed by atoms with Gasteiger partial charge in [0.15, 0.2) is 5.65 Å². The average molecular weight is 253 g/mol. The fraction of sp³-hybridized carbons (Fsp3) is 0.214. The maximum absolute atomic E-state index is 6.21. The van der Waals surface area contributed by atoms with Gasteiger partial charge in [0.25, 0.3) is 0 Å². The van der Waals surface area contributed by atoms with Crippen molar-refractivity contribution in [1.29, 1.82) is 0 Å². The van der Waals surface area contributed by atoms with E-state index in [1.807, 2.05) is 47.7 Å². The van der Waals surface area contributed by atoms with Crippen LogP contribution in [0.15, 0.2) is 42.7 Å². The van der Waals surface area contributed by atoms with Crippen LogP contribution in [0, 0.1) is 6.92 Å². The maximum Gasteiger partial charge on any atom is 0.163 e. The Kier molecular flexibility index (Phi) is 2.97. The molecule has 0 aliphatic carbocycles. The number of fused-ring (bicyclic) bond motifs is 1. The largest absolute Gasteiger partial charge is 0.324 e. The summed E-state index contributed by atoms with van der Waals surface area (Å²) in [7, 11) is 0. The van der Waals surface area contributed by atoms with Crippen molar-refractivity contribution < 1.29 is 0 Å². The van der Waals surface area contributed by atoms with Crippen molar-refractivity contribution in [2.24, 2.45) is 5.73 Å². The highest BCUT2D eigenvalue weighted by Crippen LogP contribution is 2.15. The highest BCUT2D eigenvalue weighted by Gasteiger charge is 2.12. The first-order valence-corrected chi connectivity index (χ1v) is 6.21. The van der Waals surface area contributed by atoms with E-state index in [9.17, 15) is 0 Å². The maximum atomic E-state index is 6.21. The number of hydrogen-bond donors (Lipinski definition) is 1. The lowest BCUT2D eigenvalue weighted by Crippen LogP contribution is -2.15. The first-order valence-electron chi connectivity index (χ1n) is 6.21. The molecular weight excluding hydrogens is 238 g/mol. The topological polar surface area (TPSA) is 69.1 Å². The van der Waals surface area contributed by atoms with Crippen molar-refractivity contribution in [3.8, 4) is 0 Å². The van der Waals surface area contributed by atoms with Crippen LogP contribution in [0.3, 0.4) is 0 Å². The number of aryl methyl sites for hydroxylation is 1. The first kappa shape index (κ1) is 11.8. The van der Waals surface area contributed by atoms with Crippen molar-refractivity contribution in [2.45, 2.75) is 19.4 Å². The molecule has 1 aromatic carbocycles. The Morgan fingerprint density at radius 2 is 2.00 bits per heavy atom. The molecule has 1 atom stereocenters. The summed E-state index contributed by atoms with van der Waals surface area (Å²) in [5.74, 6) is 0.832. The highest BCUT2D eigenvalue weighted by molar-refractivity contribution is 5.38. The Labute approximate surface area is 111 Å². The van der Waals surface area contributed by atoms with Crippen LogP contribution in [0.5, 0.6) is 0 Å². The van der Waals surface area contributed by atoms with Crippen molar-refractivity contribution in [3.05, 3.63) is 59.8 Å². The molecule has 2 aromatic heterocycles. The lowest BCUT2D eigenvalue weighted by Gasteiger charge is -2.10. The van der Waals surface area contributed by atoms with Crippen LogP contribution < -0.4 is 5.73 Å². The van der Waals surface area contributed by atoms with E-state index in [1.54, 1.807) is 6.33 Å². The third-order valence-electron chi connectivity index (χ3n) is 3.14. The molecule has 1 unspecified atom stereocenters. The Morgan fingerprint density at radius 1 is 1.21 bits per heavy atom. The molecule has 2 heterocycles. The molecule has 0 saturated carbocycles. The zero-order valence-corrected chi connectivity index (χ0v) is 10.7. The Hall–Kier alpha value is -2.27. The molecule has 3 aromatic rings. The summed E-state index contributed by atoms with van der Waals surface area (Å²) in [6.45, 7) is 1.93. The summed E-state index contributed by atoms with van der Waals surface area (Å²) in [4.78, 5) is 4.26. The molecule has 0 aliphatic rings. The molecule has 0 fully saturated rings. The summed E-state index contributed by atoms with van der Waals surface area (Å²) >= 11 is 0. The molecule has 0 amide bonds. The van der Waals surface area contributed by atoms with Crippen molar-refractivity contribution >= 4 is 5.65 Å². The second kappa shape index (κ2) is 4.78. The monoisotopic (exact) mass is 253 g/mol. The van der Waals surface area contributed by atoms with Crippen LogP contribution in [0.25, 0.3) is 5.65 Å². The molecule has 0 bridgehead atoms. The minimum absolute atomic E-state index is 0.0881. The van der Waals surface area contributed by atoms with Gasteiger partial charge in [0.05, 0.1) is 0 Å². The third-order valence-corrected chi connectivity index (χ3v) is 3.14. The smallest absolute Gasteiger partial charge is 0.163 e. The fourth-order valence-corrected chi connectivity index (χ4v) is 2.09. The third kappa shape index (κ3) is 2.32. The standard InChI is InChI=1S/C14H15N5/c1-10-7-13-17-18-14(19(13)9-16-10)8-12(15)11-5-3-2-4-6-11/h2-7,9,12H,8,15H2,1H3. The predicted molar refractivity (Wildman–Crippen MR) is 72.6 cm³/mol. The van der Waals surface area contributed by atoms with Gasteiger partial charge in [-0.05, 0) is 12.5 Å². The van der Waals surface area contributed by atoms with Gasteiger partial charge in [-0.15, -0.1) is 10.2 Å². The summed E-state index contributed by atoms with van der Waals surface area (Å²) in [6, 6.07) is 11.8. The van der Waals surface area contributed by atoms with Gasteiger partial charge in [-0.25, -0.2) is 4.98 Å². The summed E-state index contributed by atoms with van der Waals surface area (Å²) < 4.78 is 1.88. The van der Waals surface area contributed by atoms with Crippen LogP contribution >= 0.6 is 0 Å². The number of aromatic nitrogens is 4. The predicted octanol–water partition coefficient (Wildman–Crippen LogP) is 1.68. The van der Waals surface area contributed by atoms with E-state index in [-0.39, 0.29) is 6.04 Å². The van der Waals surface area contributed by atoms with Gasteiger partial charge in [0, 0.05) is 24.2 Å². The molecule has 0 saturated heterocycles. The van der Waals surface area contributed by atoms with Gasteiger partial charge in [-0.2, -0.15) is 0 Å². The van der Waals surface area contributed by atoms with E-state index in [4.69, 9.17) is 5.73 Å². The van der Waals surface area contributed by atoms with Crippen LogP contribution in [0.2, 0.25) is 0 Å². The molecule has 0 aliphatic heterocycles. The molecule has 3 rings (SSSR count). The van der Waals surface area contributed by atoms with Crippen LogP contribution in [0.4, 0.5) is 0 Å². The molecule has 2 N–H and O–H groups in total. The zero-order chi connectivity index (χ0) is 13.2. The SMILES string of the molecule is Cc1cc2nnc(CC(N)c3ccccc3)n2cn1. The van der Waals surface area contributed by atoms with Crippen LogP contribution in [-0.4, -0.2) is 19.6 Å². The molecule has 5 heteroatoms. The lowest BCUT2D eigenvalue weighted by atomic mass is 10.0. The van der Waals surface area contributed by atoms with E-state index in [1.165, 1.54) is 0 Å². The summed E-state index contributed by atoms with van der Waals surface area (Å²) in [5.41, 5.74) is 9.04. The summed E-state index contributed by atoms with van der Waals surface area (Å²) in [6.07, 6.45) is 2.38. The van der Waals surface area contributed by atoms with Gasteiger partial charge in [-0.1, -0.05) is 30.3 Å². The number of nitrogens with two attached hydrogens (primary N) is 1. The number of benzene rings is 1. The second-order valence-electron chi connectivity index (χ2n) is 4.60. The molecule has 5 nitrogen and oxygen atoms in total. The Morgan fingerprint density at radius 3 is 2.79 bits per heavy atom. The van der Waals surface area contributed by atoms with E-state index in [2.05, 4.69) is 15.2 Å². The van der Waals surface area contributed by atoms with Gasteiger partial charge < -0.3 is 5.73 Å². The van der Waals surface area contributed by atoms with Gasteiger partial charge in [-0.3, -0.25) is 4.40 Å². The van der Waals surface area contributed by atoms with Crippen molar-refractivity contribution in [2.75, 3.05) is 0 Å². The van der Waals surface area contributed by atoms with E-state index >= 15 is 0 Å². The normalized spacial score (nSPS) is 12.7. The van der Waals surface area contributed by atoms with Crippen LogP contribution in [-0.2, 0) is 6.42 Å². The van der Waals surface area contributed by atoms with E-state index in [0.717, 1.165) is 22.7 Å². The molecule has 0 radical (unpaired) electrons. The molecule has 19 heavy (non-hydrogen) atoms. The highest BCUT2D eigenvalue weighted by atomic mass is 15.3. The van der Waals surface area contributed by atoms with Gasteiger partial charge >= 0.3 is 0 Å². The van der Waals surface area contributed by atoms with Gasteiger partial charge in [0.1, 0.15) is 12.2 Å². The van der Waals surface area contributed by atoms with Crippen molar-refractivity contribution in [1.82, 2.24) is 19.6 Å². The quantitative estimate of drug-likeness (QED) is 0.771. The molecule has 0 spiro atoms. The van der Waals surface area contributed by atoms with E-state index in [0.29, 0.717) is 6.42 Å². The summed E-state index contributed by atoms with van der Waals surface area (Å²) in [5, 5.41) is 8.34. The molecule has 96 valence electrons. The van der Waals surface area contributed by atoms with Gasteiger partial charge in [0.2, 0.25) is 0 Å².